The zero-order chi connectivity index (χ0) is 13.1. The molecule has 0 unspecified atom stereocenters. The Bertz CT molecular complexity index is 385. The van der Waals surface area contributed by atoms with Crippen molar-refractivity contribution in [3.05, 3.63) is 34.9 Å². The first kappa shape index (κ1) is 14.0. The summed E-state index contributed by atoms with van der Waals surface area (Å²) < 4.78 is 0. The SMILES string of the molecule is C[C@H](N)C(=O)NCC(C)(C)c1ccc(Cl)cc1. The minimum atomic E-state index is -0.476. The maximum Gasteiger partial charge on any atom is 0.236 e. The predicted octanol–water partition coefficient (Wildman–Crippen LogP) is 2.08. The molecule has 0 saturated heterocycles. The number of halogens is 1. The molecule has 0 fully saturated rings. The van der Waals surface area contributed by atoms with Crippen LogP contribution in [0.2, 0.25) is 5.02 Å². The Morgan fingerprint density at radius 1 is 1.41 bits per heavy atom. The van der Waals surface area contributed by atoms with Gasteiger partial charge in [-0.15, -0.1) is 0 Å². The summed E-state index contributed by atoms with van der Waals surface area (Å²) in [6.07, 6.45) is 0. The first-order chi connectivity index (χ1) is 7.83. The fourth-order valence-electron chi connectivity index (χ4n) is 1.47. The van der Waals surface area contributed by atoms with Crippen LogP contribution in [0.4, 0.5) is 0 Å². The summed E-state index contributed by atoms with van der Waals surface area (Å²) in [5.41, 5.74) is 6.48. The monoisotopic (exact) mass is 254 g/mol. The van der Waals surface area contributed by atoms with Gasteiger partial charge < -0.3 is 11.1 Å². The highest BCUT2D eigenvalue weighted by molar-refractivity contribution is 6.30. The topological polar surface area (TPSA) is 55.1 Å². The summed E-state index contributed by atoms with van der Waals surface area (Å²) >= 11 is 5.84. The number of benzene rings is 1. The molecule has 1 rings (SSSR count). The maximum atomic E-state index is 11.4. The standard InChI is InChI=1S/C13H19ClN2O/c1-9(15)12(17)16-8-13(2,3)10-4-6-11(14)7-5-10/h4-7,9H,8,15H2,1-3H3,(H,16,17)/t9-/m0/s1. The van der Waals surface area contributed by atoms with E-state index in [2.05, 4.69) is 19.2 Å². The van der Waals surface area contributed by atoms with Crippen LogP contribution >= 0.6 is 11.6 Å². The zero-order valence-corrected chi connectivity index (χ0v) is 11.2. The van der Waals surface area contributed by atoms with Crippen LogP contribution in [-0.2, 0) is 10.2 Å². The second kappa shape index (κ2) is 5.52. The Labute approximate surface area is 107 Å². The number of nitrogens with two attached hydrogens (primary N) is 1. The van der Waals surface area contributed by atoms with Gasteiger partial charge in [0.15, 0.2) is 0 Å². The molecule has 0 radical (unpaired) electrons. The van der Waals surface area contributed by atoms with Crippen molar-refractivity contribution in [1.82, 2.24) is 5.32 Å². The third-order valence-electron chi connectivity index (χ3n) is 2.74. The molecule has 94 valence electrons. The molecule has 3 N–H and O–H groups in total. The van der Waals surface area contributed by atoms with E-state index in [1.807, 2.05) is 24.3 Å². The molecular weight excluding hydrogens is 236 g/mol. The van der Waals surface area contributed by atoms with Crippen LogP contribution in [0.1, 0.15) is 26.3 Å². The van der Waals surface area contributed by atoms with Gasteiger partial charge in [-0.25, -0.2) is 0 Å². The summed E-state index contributed by atoms with van der Waals surface area (Å²) in [6.45, 7) is 6.36. The molecule has 3 nitrogen and oxygen atoms in total. The van der Waals surface area contributed by atoms with E-state index in [-0.39, 0.29) is 11.3 Å². The van der Waals surface area contributed by atoms with E-state index in [1.165, 1.54) is 0 Å². The lowest BCUT2D eigenvalue weighted by atomic mass is 9.84. The number of nitrogens with one attached hydrogen (secondary N) is 1. The number of hydrogen-bond donors (Lipinski definition) is 2. The molecule has 0 heterocycles. The van der Waals surface area contributed by atoms with Gasteiger partial charge in [-0.05, 0) is 24.6 Å². The highest BCUT2D eigenvalue weighted by Crippen LogP contribution is 2.23. The lowest BCUT2D eigenvalue weighted by Gasteiger charge is -2.26. The molecular formula is C13H19ClN2O. The van der Waals surface area contributed by atoms with Crippen molar-refractivity contribution in [2.24, 2.45) is 5.73 Å². The maximum absolute atomic E-state index is 11.4. The quantitative estimate of drug-likeness (QED) is 0.865. The van der Waals surface area contributed by atoms with Gasteiger partial charge in [-0.2, -0.15) is 0 Å². The fraction of sp³-hybridized carbons (Fsp3) is 0.462. The minimum absolute atomic E-state index is 0.132. The first-order valence-electron chi connectivity index (χ1n) is 5.62. The molecule has 0 aliphatic carbocycles. The molecule has 1 aromatic carbocycles. The van der Waals surface area contributed by atoms with E-state index < -0.39 is 6.04 Å². The van der Waals surface area contributed by atoms with Gasteiger partial charge in [0.25, 0.3) is 0 Å². The summed E-state index contributed by atoms with van der Waals surface area (Å²) in [7, 11) is 0. The number of carbonyl (C=O) groups excluding carboxylic acids is 1. The van der Waals surface area contributed by atoms with Crippen LogP contribution < -0.4 is 11.1 Å². The van der Waals surface area contributed by atoms with Gasteiger partial charge >= 0.3 is 0 Å². The number of rotatable bonds is 4. The molecule has 17 heavy (non-hydrogen) atoms. The highest BCUT2D eigenvalue weighted by atomic mass is 35.5. The number of hydrogen-bond acceptors (Lipinski definition) is 2. The van der Waals surface area contributed by atoms with E-state index >= 15 is 0 Å². The van der Waals surface area contributed by atoms with Gasteiger partial charge in [0.1, 0.15) is 0 Å². The fourth-order valence-corrected chi connectivity index (χ4v) is 1.60. The molecule has 0 aromatic heterocycles. The molecule has 1 atom stereocenters. The van der Waals surface area contributed by atoms with Crippen LogP contribution in [0, 0.1) is 0 Å². The Balaban J connectivity index is 2.68. The number of carbonyl (C=O) groups is 1. The van der Waals surface area contributed by atoms with Crippen molar-refractivity contribution in [3.8, 4) is 0 Å². The Hall–Kier alpha value is -1.06. The molecule has 0 aliphatic rings. The van der Waals surface area contributed by atoms with Crippen LogP contribution in [-0.4, -0.2) is 18.5 Å². The van der Waals surface area contributed by atoms with Gasteiger partial charge in [0.2, 0.25) is 5.91 Å². The first-order valence-corrected chi connectivity index (χ1v) is 6.00. The van der Waals surface area contributed by atoms with E-state index in [0.717, 1.165) is 5.56 Å². The van der Waals surface area contributed by atoms with Crippen molar-refractivity contribution in [2.45, 2.75) is 32.2 Å². The number of amides is 1. The van der Waals surface area contributed by atoms with Crippen molar-refractivity contribution < 1.29 is 4.79 Å². The van der Waals surface area contributed by atoms with Gasteiger partial charge in [-0.3, -0.25) is 4.79 Å². The average molecular weight is 255 g/mol. The van der Waals surface area contributed by atoms with E-state index in [1.54, 1.807) is 6.92 Å². The van der Waals surface area contributed by atoms with Gasteiger partial charge in [-0.1, -0.05) is 37.6 Å². The third-order valence-corrected chi connectivity index (χ3v) is 3.00. The van der Waals surface area contributed by atoms with Crippen LogP contribution in [0.3, 0.4) is 0 Å². The lowest BCUT2D eigenvalue weighted by molar-refractivity contribution is -0.122. The van der Waals surface area contributed by atoms with Gasteiger partial charge in [0.05, 0.1) is 6.04 Å². The molecule has 1 amide bonds. The lowest BCUT2D eigenvalue weighted by Crippen LogP contribution is -2.43. The van der Waals surface area contributed by atoms with E-state index in [4.69, 9.17) is 17.3 Å². The van der Waals surface area contributed by atoms with Crippen molar-refractivity contribution in [1.29, 1.82) is 0 Å². The molecule has 0 bridgehead atoms. The normalized spacial score (nSPS) is 13.2. The largest absolute Gasteiger partial charge is 0.354 e. The minimum Gasteiger partial charge on any atom is -0.354 e. The zero-order valence-electron chi connectivity index (χ0n) is 10.5. The van der Waals surface area contributed by atoms with Crippen LogP contribution in [0.15, 0.2) is 24.3 Å². The second-order valence-corrected chi connectivity index (χ2v) is 5.33. The van der Waals surface area contributed by atoms with Crippen molar-refractivity contribution in [2.75, 3.05) is 6.54 Å². The Morgan fingerprint density at radius 3 is 2.41 bits per heavy atom. The van der Waals surface area contributed by atoms with Crippen molar-refractivity contribution >= 4 is 17.5 Å². The molecule has 0 saturated carbocycles. The third kappa shape index (κ3) is 4.02. The smallest absolute Gasteiger partial charge is 0.236 e. The molecule has 0 spiro atoms. The second-order valence-electron chi connectivity index (χ2n) is 4.90. The summed E-state index contributed by atoms with van der Waals surface area (Å²) in [5.74, 6) is -0.132. The molecule has 4 heteroatoms. The Kier molecular flexibility index (Phi) is 4.54. The molecule has 1 aromatic rings. The van der Waals surface area contributed by atoms with Crippen LogP contribution in [0.5, 0.6) is 0 Å². The van der Waals surface area contributed by atoms with Crippen LogP contribution in [0.25, 0.3) is 0 Å². The Morgan fingerprint density at radius 2 is 1.94 bits per heavy atom. The van der Waals surface area contributed by atoms with E-state index in [0.29, 0.717) is 11.6 Å². The van der Waals surface area contributed by atoms with E-state index in [9.17, 15) is 4.79 Å². The van der Waals surface area contributed by atoms with Gasteiger partial charge in [0, 0.05) is 17.0 Å². The average Bonchev–Trinajstić information content (AvgIpc) is 2.26. The van der Waals surface area contributed by atoms with Crippen molar-refractivity contribution in [3.63, 3.8) is 0 Å². The predicted molar refractivity (Wildman–Crippen MR) is 71.1 cm³/mol. The highest BCUT2D eigenvalue weighted by Gasteiger charge is 2.21. The summed E-state index contributed by atoms with van der Waals surface area (Å²) in [4.78, 5) is 11.4. The summed E-state index contributed by atoms with van der Waals surface area (Å²) in [5, 5.41) is 3.55. The summed E-state index contributed by atoms with van der Waals surface area (Å²) in [6, 6.07) is 7.18. The molecule has 0 aliphatic heterocycles.